The van der Waals surface area contributed by atoms with Crippen molar-refractivity contribution in [1.29, 1.82) is 5.26 Å². The number of hydrogen-bond acceptors (Lipinski definition) is 3. The lowest BCUT2D eigenvalue weighted by atomic mass is 9.97. The van der Waals surface area contributed by atoms with Crippen LogP contribution in [-0.2, 0) is 6.61 Å². The van der Waals surface area contributed by atoms with Crippen LogP contribution in [0, 0.1) is 23.2 Å². The molecule has 1 heterocycles. The van der Waals surface area contributed by atoms with Gasteiger partial charge in [0.05, 0.1) is 18.4 Å². The molecule has 0 amide bonds. The van der Waals surface area contributed by atoms with Crippen molar-refractivity contribution in [3.05, 3.63) is 63.4 Å². The molecule has 1 atom stereocenters. The number of nitrogens with zero attached hydrogens (tertiary/aromatic N) is 1. The number of benzene rings is 2. The van der Waals surface area contributed by atoms with Crippen LogP contribution in [0.2, 0.25) is 0 Å². The summed E-state index contributed by atoms with van der Waals surface area (Å²) < 4.78 is 8.29. The summed E-state index contributed by atoms with van der Waals surface area (Å²) in [5.41, 5.74) is 2.18. The van der Waals surface area contributed by atoms with Gasteiger partial charge in [-0.3, -0.25) is 0 Å². The molecule has 4 heteroatoms. The molecular formula is C21H16BrNOS. The van der Waals surface area contributed by atoms with E-state index in [0.717, 1.165) is 21.3 Å². The second kappa shape index (κ2) is 8.21. The number of ether oxygens (including phenoxy) is 1. The quantitative estimate of drug-likeness (QED) is 0.465. The molecule has 0 aliphatic rings. The third kappa shape index (κ3) is 4.23. The van der Waals surface area contributed by atoms with Gasteiger partial charge >= 0.3 is 0 Å². The van der Waals surface area contributed by atoms with E-state index in [1.165, 1.54) is 10.1 Å². The minimum Gasteiger partial charge on any atom is -0.489 e. The fourth-order valence-electron chi connectivity index (χ4n) is 2.62. The zero-order chi connectivity index (χ0) is 17.6. The van der Waals surface area contributed by atoms with E-state index in [0.29, 0.717) is 13.0 Å². The Bertz CT molecular complexity index is 973. The monoisotopic (exact) mass is 409 g/mol. The first-order valence-corrected chi connectivity index (χ1v) is 9.56. The Kier molecular flexibility index (Phi) is 5.76. The van der Waals surface area contributed by atoms with E-state index in [-0.39, 0.29) is 5.92 Å². The molecule has 3 rings (SSSR count). The molecule has 0 N–H and O–H groups in total. The summed E-state index contributed by atoms with van der Waals surface area (Å²) in [5, 5.41) is 12.2. The molecule has 0 bridgehead atoms. The van der Waals surface area contributed by atoms with E-state index in [4.69, 9.17) is 10.00 Å². The Hall–Kier alpha value is -2.27. The average Bonchev–Trinajstić information content (AvgIpc) is 3.01. The zero-order valence-corrected chi connectivity index (χ0v) is 16.2. The van der Waals surface area contributed by atoms with Crippen LogP contribution in [0.4, 0.5) is 0 Å². The Morgan fingerprint density at radius 3 is 2.72 bits per heavy atom. The van der Waals surface area contributed by atoms with Crippen LogP contribution < -0.4 is 4.74 Å². The predicted molar refractivity (Wildman–Crippen MR) is 107 cm³/mol. The largest absolute Gasteiger partial charge is 0.489 e. The lowest BCUT2D eigenvalue weighted by Gasteiger charge is -2.10. The van der Waals surface area contributed by atoms with Gasteiger partial charge in [-0.15, -0.1) is 17.3 Å². The number of hydrogen-bond donors (Lipinski definition) is 0. The number of thiophene rings is 1. The van der Waals surface area contributed by atoms with E-state index in [1.807, 2.05) is 24.3 Å². The van der Waals surface area contributed by atoms with E-state index in [9.17, 15) is 0 Å². The molecule has 0 fully saturated rings. The number of rotatable bonds is 5. The van der Waals surface area contributed by atoms with Crippen LogP contribution in [0.5, 0.6) is 5.75 Å². The first-order chi connectivity index (χ1) is 12.2. The smallest absolute Gasteiger partial charge is 0.119 e. The maximum absolute atomic E-state index is 8.92. The SMILES string of the molecule is CC#C[C@@H](CC#N)c1ccc(OCc2ccc3scc(Br)c3c2)cc1. The van der Waals surface area contributed by atoms with Crippen LogP contribution in [0.25, 0.3) is 10.1 Å². The van der Waals surface area contributed by atoms with Crippen molar-refractivity contribution >= 4 is 37.4 Å². The van der Waals surface area contributed by atoms with E-state index in [2.05, 4.69) is 57.4 Å². The normalized spacial score (nSPS) is 11.4. The summed E-state index contributed by atoms with van der Waals surface area (Å²) in [6.45, 7) is 2.32. The van der Waals surface area contributed by atoms with Gasteiger partial charge < -0.3 is 4.74 Å². The summed E-state index contributed by atoms with van der Waals surface area (Å²) in [6, 6.07) is 16.4. The summed E-state index contributed by atoms with van der Waals surface area (Å²) in [6.07, 6.45) is 0.399. The average molecular weight is 410 g/mol. The molecule has 25 heavy (non-hydrogen) atoms. The Morgan fingerprint density at radius 2 is 2.00 bits per heavy atom. The Labute approximate surface area is 160 Å². The minimum atomic E-state index is -0.0394. The molecule has 0 saturated heterocycles. The van der Waals surface area contributed by atoms with Crippen LogP contribution >= 0.6 is 27.3 Å². The fraction of sp³-hybridized carbons (Fsp3) is 0.190. The van der Waals surface area contributed by atoms with Gasteiger partial charge in [0.2, 0.25) is 0 Å². The number of nitriles is 1. The van der Waals surface area contributed by atoms with Crippen LogP contribution in [-0.4, -0.2) is 0 Å². The highest BCUT2D eigenvalue weighted by Gasteiger charge is 2.08. The van der Waals surface area contributed by atoms with Crippen molar-refractivity contribution in [3.8, 4) is 23.7 Å². The third-order valence-corrected chi connectivity index (χ3v) is 5.82. The molecule has 3 aromatic rings. The molecule has 0 saturated carbocycles. The van der Waals surface area contributed by atoms with Crippen LogP contribution in [0.15, 0.2) is 52.3 Å². The Balaban J connectivity index is 1.69. The first kappa shape index (κ1) is 17.5. The van der Waals surface area contributed by atoms with E-state index in [1.54, 1.807) is 18.3 Å². The molecular weight excluding hydrogens is 394 g/mol. The van der Waals surface area contributed by atoms with Gasteiger partial charge in [0, 0.05) is 19.9 Å². The highest BCUT2D eigenvalue weighted by molar-refractivity contribution is 9.10. The van der Waals surface area contributed by atoms with Crippen molar-refractivity contribution in [1.82, 2.24) is 0 Å². The molecule has 0 unspecified atom stereocenters. The lowest BCUT2D eigenvalue weighted by molar-refractivity contribution is 0.306. The van der Waals surface area contributed by atoms with Gasteiger partial charge in [0.25, 0.3) is 0 Å². The number of halogens is 1. The van der Waals surface area contributed by atoms with Gasteiger partial charge in [0.15, 0.2) is 0 Å². The van der Waals surface area contributed by atoms with Gasteiger partial charge in [-0.2, -0.15) is 5.26 Å². The molecule has 0 spiro atoms. The molecule has 0 radical (unpaired) electrons. The topological polar surface area (TPSA) is 33.0 Å². The molecule has 2 aromatic carbocycles. The summed E-state index contributed by atoms with van der Waals surface area (Å²) >= 11 is 5.31. The minimum absolute atomic E-state index is 0.0394. The number of fused-ring (bicyclic) bond motifs is 1. The lowest BCUT2D eigenvalue weighted by Crippen LogP contribution is -1.97. The molecule has 1 aromatic heterocycles. The molecule has 2 nitrogen and oxygen atoms in total. The van der Waals surface area contributed by atoms with Crippen molar-refractivity contribution in [2.45, 2.75) is 25.9 Å². The maximum Gasteiger partial charge on any atom is 0.119 e. The molecule has 124 valence electrons. The van der Waals surface area contributed by atoms with Gasteiger partial charge in [0.1, 0.15) is 12.4 Å². The summed E-state index contributed by atoms with van der Waals surface area (Å²) in [7, 11) is 0. The highest BCUT2D eigenvalue weighted by atomic mass is 79.9. The van der Waals surface area contributed by atoms with Gasteiger partial charge in [-0.25, -0.2) is 0 Å². The van der Waals surface area contributed by atoms with E-state index < -0.39 is 0 Å². The van der Waals surface area contributed by atoms with Gasteiger partial charge in [-0.05, 0) is 58.2 Å². The van der Waals surface area contributed by atoms with Gasteiger partial charge in [-0.1, -0.05) is 24.1 Å². The zero-order valence-electron chi connectivity index (χ0n) is 13.8. The van der Waals surface area contributed by atoms with Crippen molar-refractivity contribution in [2.24, 2.45) is 0 Å². The maximum atomic E-state index is 8.92. The van der Waals surface area contributed by atoms with E-state index >= 15 is 0 Å². The third-order valence-electron chi connectivity index (χ3n) is 3.89. The first-order valence-electron chi connectivity index (χ1n) is 7.89. The molecule has 0 aliphatic carbocycles. The predicted octanol–water partition coefficient (Wildman–Crippen LogP) is 6.26. The van der Waals surface area contributed by atoms with Crippen LogP contribution in [0.3, 0.4) is 0 Å². The van der Waals surface area contributed by atoms with Crippen molar-refractivity contribution < 1.29 is 4.74 Å². The highest BCUT2D eigenvalue weighted by Crippen LogP contribution is 2.31. The Morgan fingerprint density at radius 1 is 1.20 bits per heavy atom. The standard InChI is InChI=1S/C21H16BrNOS/c1-2-3-16(10-11-23)17-5-7-18(8-6-17)24-13-15-4-9-21-19(12-15)20(22)14-25-21/h4-9,12,14,16H,10,13H2,1H3/t16-/m0/s1. The second-order valence-corrected chi connectivity index (χ2v) is 7.35. The second-order valence-electron chi connectivity index (χ2n) is 5.58. The van der Waals surface area contributed by atoms with Crippen molar-refractivity contribution in [3.63, 3.8) is 0 Å². The van der Waals surface area contributed by atoms with Crippen LogP contribution in [0.1, 0.15) is 30.4 Å². The molecule has 0 aliphatic heterocycles. The summed E-state index contributed by atoms with van der Waals surface area (Å²) in [5.74, 6) is 6.75. The van der Waals surface area contributed by atoms with Crippen molar-refractivity contribution in [2.75, 3.05) is 0 Å². The fourth-order valence-corrected chi connectivity index (χ4v) is 4.16. The summed E-state index contributed by atoms with van der Waals surface area (Å²) in [4.78, 5) is 0.